The van der Waals surface area contributed by atoms with E-state index in [9.17, 15) is 9.59 Å². The molecule has 3 rings (SSSR count). The third kappa shape index (κ3) is 4.12. The van der Waals surface area contributed by atoms with Crippen molar-refractivity contribution in [3.8, 4) is 0 Å². The molecule has 0 spiro atoms. The largest absolute Gasteiger partial charge is 0.356 e. The molecule has 1 aliphatic heterocycles. The third-order valence-electron chi connectivity index (χ3n) is 4.83. The lowest BCUT2D eigenvalue weighted by molar-refractivity contribution is -0.133. The van der Waals surface area contributed by atoms with Crippen LogP contribution in [0.2, 0.25) is 0 Å². The number of carbonyl (C=O) groups excluding carboxylic acids is 2. The summed E-state index contributed by atoms with van der Waals surface area (Å²) < 4.78 is 2.07. The number of hydrogen-bond donors (Lipinski definition) is 1. The lowest BCUT2D eigenvalue weighted by Gasteiger charge is -2.31. The first-order valence-corrected chi connectivity index (χ1v) is 8.70. The molecular formula is C17H26N4O2. The predicted molar refractivity (Wildman–Crippen MR) is 86.8 cm³/mol. The molecule has 6 nitrogen and oxygen atoms in total. The number of rotatable bonds is 6. The van der Waals surface area contributed by atoms with E-state index in [0.29, 0.717) is 19.0 Å². The highest BCUT2D eigenvalue weighted by atomic mass is 16.2. The Labute approximate surface area is 137 Å². The highest BCUT2D eigenvalue weighted by molar-refractivity contribution is 5.80. The Morgan fingerprint density at radius 2 is 2.17 bits per heavy atom. The van der Waals surface area contributed by atoms with Gasteiger partial charge in [0.15, 0.2) is 0 Å². The van der Waals surface area contributed by atoms with Crippen LogP contribution in [-0.2, 0) is 16.1 Å². The van der Waals surface area contributed by atoms with E-state index in [1.54, 1.807) is 11.8 Å². The van der Waals surface area contributed by atoms with E-state index in [1.165, 1.54) is 18.5 Å². The normalized spacial score (nSPS) is 21.3. The molecule has 2 aliphatic rings. The summed E-state index contributed by atoms with van der Waals surface area (Å²) in [6.07, 6.45) is 7.09. The maximum absolute atomic E-state index is 12.2. The van der Waals surface area contributed by atoms with E-state index in [2.05, 4.69) is 21.2 Å². The van der Waals surface area contributed by atoms with E-state index in [1.807, 2.05) is 6.20 Å². The Bertz CT molecular complexity index is 565. The fourth-order valence-corrected chi connectivity index (χ4v) is 3.32. The fourth-order valence-electron chi connectivity index (χ4n) is 3.32. The Morgan fingerprint density at radius 3 is 2.91 bits per heavy atom. The predicted octanol–water partition coefficient (Wildman–Crippen LogP) is 1.53. The van der Waals surface area contributed by atoms with Gasteiger partial charge < -0.3 is 10.2 Å². The maximum Gasteiger partial charge on any atom is 0.224 e. The van der Waals surface area contributed by atoms with Crippen LogP contribution in [0, 0.1) is 5.92 Å². The molecule has 0 radical (unpaired) electrons. The summed E-state index contributed by atoms with van der Waals surface area (Å²) in [5, 5.41) is 7.39. The summed E-state index contributed by atoms with van der Waals surface area (Å²) >= 11 is 0. The van der Waals surface area contributed by atoms with E-state index in [0.717, 1.165) is 32.4 Å². The molecule has 1 saturated carbocycles. The molecule has 1 N–H and O–H groups in total. The molecule has 2 amide bonds. The highest BCUT2D eigenvalue weighted by Gasteiger charge is 2.27. The minimum Gasteiger partial charge on any atom is -0.356 e. The number of nitrogens with zero attached hydrogens (tertiary/aromatic N) is 3. The average Bonchev–Trinajstić information content (AvgIpc) is 3.30. The molecule has 2 fully saturated rings. The second-order valence-corrected chi connectivity index (χ2v) is 6.70. The summed E-state index contributed by atoms with van der Waals surface area (Å²) in [6.45, 7) is 4.43. The Morgan fingerprint density at radius 1 is 1.35 bits per heavy atom. The van der Waals surface area contributed by atoms with Gasteiger partial charge in [0, 0.05) is 50.9 Å². The number of piperidine rings is 1. The summed E-state index contributed by atoms with van der Waals surface area (Å²) in [5.74, 6) is 0.791. The highest BCUT2D eigenvalue weighted by Crippen LogP contribution is 2.39. The first kappa shape index (κ1) is 16.0. The van der Waals surface area contributed by atoms with Gasteiger partial charge >= 0.3 is 0 Å². The van der Waals surface area contributed by atoms with Crippen LogP contribution in [0.5, 0.6) is 0 Å². The van der Waals surface area contributed by atoms with Crippen LogP contribution in [0.3, 0.4) is 0 Å². The van der Waals surface area contributed by atoms with Crippen molar-refractivity contribution >= 4 is 11.8 Å². The standard InChI is InChI=1S/C17H26N4O2/c1-13(22)20-10-2-4-15(12-20)17(23)18-8-3-11-21-16(7-9-19-21)14-5-6-14/h7,9,14-15H,2-6,8,10-12H2,1H3,(H,18,23)/t15-/m1/s1. The lowest BCUT2D eigenvalue weighted by atomic mass is 9.97. The van der Waals surface area contributed by atoms with Crippen molar-refractivity contribution < 1.29 is 9.59 Å². The number of likely N-dealkylation sites (tertiary alicyclic amines) is 1. The molecule has 1 atom stereocenters. The minimum absolute atomic E-state index is 0.0561. The Balaban J connectivity index is 1.39. The Kier molecular flexibility index (Phi) is 4.98. The molecule has 0 bridgehead atoms. The molecule has 2 heterocycles. The molecular weight excluding hydrogens is 292 g/mol. The second-order valence-electron chi connectivity index (χ2n) is 6.70. The van der Waals surface area contributed by atoms with Crippen molar-refractivity contribution in [1.82, 2.24) is 20.0 Å². The van der Waals surface area contributed by atoms with Crippen LogP contribution in [-0.4, -0.2) is 46.1 Å². The van der Waals surface area contributed by atoms with Gasteiger partial charge in [-0.1, -0.05) is 0 Å². The van der Waals surface area contributed by atoms with Crippen LogP contribution in [0.4, 0.5) is 0 Å². The van der Waals surface area contributed by atoms with Gasteiger partial charge in [0.05, 0.1) is 5.92 Å². The van der Waals surface area contributed by atoms with Gasteiger partial charge in [-0.2, -0.15) is 5.10 Å². The van der Waals surface area contributed by atoms with Gasteiger partial charge in [-0.25, -0.2) is 0 Å². The smallest absolute Gasteiger partial charge is 0.224 e. The van der Waals surface area contributed by atoms with E-state index >= 15 is 0 Å². The lowest BCUT2D eigenvalue weighted by Crippen LogP contribution is -2.44. The van der Waals surface area contributed by atoms with Crippen LogP contribution in [0.1, 0.15) is 50.6 Å². The number of nitrogens with one attached hydrogen (secondary N) is 1. The molecule has 1 aromatic rings. The topological polar surface area (TPSA) is 67.2 Å². The van der Waals surface area contributed by atoms with Crippen molar-refractivity contribution in [2.24, 2.45) is 5.92 Å². The monoisotopic (exact) mass is 318 g/mol. The van der Waals surface area contributed by atoms with Crippen LogP contribution in [0.25, 0.3) is 0 Å². The minimum atomic E-state index is -0.0561. The zero-order valence-electron chi connectivity index (χ0n) is 13.8. The summed E-state index contributed by atoms with van der Waals surface area (Å²) in [7, 11) is 0. The zero-order valence-corrected chi connectivity index (χ0v) is 13.8. The van der Waals surface area contributed by atoms with E-state index in [4.69, 9.17) is 0 Å². The van der Waals surface area contributed by atoms with Crippen molar-refractivity contribution in [3.05, 3.63) is 18.0 Å². The van der Waals surface area contributed by atoms with Crippen molar-refractivity contribution in [2.45, 2.75) is 51.5 Å². The second kappa shape index (κ2) is 7.15. The van der Waals surface area contributed by atoms with E-state index in [-0.39, 0.29) is 17.7 Å². The fraction of sp³-hybridized carbons (Fsp3) is 0.706. The maximum atomic E-state index is 12.2. The van der Waals surface area contributed by atoms with Crippen LogP contribution < -0.4 is 5.32 Å². The van der Waals surface area contributed by atoms with Crippen molar-refractivity contribution in [1.29, 1.82) is 0 Å². The molecule has 1 aliphatic carbocycles. The van der Waals surface area contributed by atoms with Gasteiger partial charge in [0.25, 0.3) is 0 Å². The van der Waals surface area contributed by atoms with Gasteiger partial charge in [0.2, 0.25) is 11.8 Å². The third-order valence-corrected chi connectivity index (χ3v) is 4.83. The van der Waals surface area contributed by atoms with Crippen molar-refractivity contribution in [3.63, 3.8) is 0 Å². The number of aromatic nitrogens is 2. The van der Waals surface area contributed by atoms with Crippen molar-refractivity contribution in [2.75, 3.05) is 19.6 Å². The summed E-state index contributed by atoms with van der Waals surface area (Å²) in [6, 6.07) is 2.11. The number of carbonyl (C=O) groups is 2. The van der Waals surface area contributed by atoms with Gasteiger partial charge in [-0.15, -0.1) is 0 Å². The average molecular weight is 318 g/mol. The molecule has 6 heteroatoms. The molecule has 0 aromatic carbocycles. The first-order chi connectivity index (χ1) is 11.1. The molecule has 1 saturated heterocycles. The quantitative estimate of drug-likeness (QED) is 0.809. The molecule has 23 heavy (non-hydrogen) atoms. The first-order valence-electron chi connectivity index (χ1n) is 8.70. The molecule has 1 aromatic heterocycles. The number of amides is 2. The van der Waals surface area contributed by atoms with E-state index < -0.39 is 0 Å². The number of aryl methyl sites for hydroxylation is 1. The number of hydrogen-bond acceptors (Lipinski definition) is 3. The van der Waals surface area contributed by atoms with Gasteiger partial charge in [-0.05, 0) is 38.2 Å². The summed E-state index contributed by atoms with van der Waals surface area (Å²) in [5.41, 5.74) is 1.33. The van der Waals surface area contributed by atoms with Crippen LogP contribution >= 0.6 is 0 Å². The SMILES string of the molecule is CC(=O)N1CCC[C@@H](C(=O)NCCCn2nccc2C2CC2)C1. The molecule has 0 unspecified atom stereocenters. The zero-order chi connectivity index (χ0) is 16.2. The van der Waals surface area contributed by atoms with Gasteiger partial charge in [-0.3, -0.25) is 14.3 Å². The Hall–Kier alpha value is -1.85. The van der Waals surface area contributed by atoms with Gasteiger partial charge in [0.1, 0.15) is 0 Å². The van der Waals surface area contributed by atoms with Crippen LogP contribution in [0.15, 0.2) is 12.3 Å². The summed E-state index contributed by atoms with van der Waals surface area (Å²) in [4.78, 5) is 25.5. The molecule has 126 valence electrons.